The molecule has 1 fully saturated rings. The van der Waals surface area contributed by atoms with E-state index in [9.17, 15) is 17.6 Å². The van der Waals surface area contributed by atoms with E-state index in [0.29, 0.717) is 43.5 Å². The molecule has 172 valence electrons. The Morgan fingerprint density at radius 3 is 2.44 bits per heavy atom. The van der Waals surface area contributed by atoms with Gasteiger partial charge in [-0.2, -0.15) is 4.31 Å². The van der Waals surface area contributed by atoms with Crippen LogP contribution in [0.25, 0.3) is 0 Å². The maximum atomic E-state index is 14.5. The van der Waals surface area contributed by atoms with Crippen LogP contribution in [0, 0.1) is 5.82 Å². The molecule has 2 aromatic carbocycles. The van der Waals surface area contributed by atoms with E-state index in [1.807, 2.05) is 6.07 Å². The fraction of sp³-hybridized carbons (Fsp3) is 0.458. The molecule has 0 spiro atoms. The van der Waals surface area contributed by atoms with Gasteiger partial charge in [0.05, 0.1) is 11.6 Å². The van der Waals surface area contributed by atoms with Crippen molar-refractivity contribution in [3.8, 4) is 5.75 Å². The molecule has 0 saturated heterocycles. The third-order valence-electron chi connectivity index (χ3n) is 6.33. The topological polar surface area (TPSA) is 66.9 Å². The van der Waals surface area contributed by atoms with Crippen LogP contribution in [-0.4, -0.2) is 55.8 Å². The van der Waals surface area contributed by atoms with E-state index in [1.165, 1.54) is 28.6 Å². The van der Waals surface area contributed by atoms with Crippen LogP contribution in [0.2, 0.25) is 0 Å². The average molecular weight is 461 g/mol. The van der Waals surface area contributed by atoms with Crippen molar-refractivity contribution in [2.45, 2.75) is 55.6 Å². The SMILES string of the molecule is CN1CCCCN(S(=O)(=O)c2ccccc2F)[C@@H]2CCCC[C@@H]2Oc2ccccc2C1=O. The highest BCUT2D eigenvalue weighted by atomic mass is 32.2. The van der Waals surface area contributed by atoms with Gasteiger partial charge in [-0.15, -0.1) is 0 Å². The van der Waals surface area contributed by atoms with Gasteiger partial charge in [-0.05, 0) is 56.4 Å². The molecule has 1 aliphatic carbocycles. The second-order valence-electron chi connectivity index (χ2n) is 8.48. The Hall–Kier alpha value is -2.45. The number of nitrogens with zero attached hydrogens (tertiary/aromatic N) is 2. The molecular weight excluding hydrogens is 431 g/mol. The third-order valence-corrected chi connectivity index (χ3v) is 8.28. The molecule has 1 aliphatic heterocycles. The number of rotatable bonds is 2. The molecule has 2 aromatic rings. The van der Waals surface area contributed by atoms with Crippen LogP contribution < -0.4 is 4.74 Å². The van der Waals surface area contributed by atoms with Gasteiger partial charge < -0.3 is 9.64 Å². The molecule has 2 aliphatic rings. The minimum absolute atomic E-state index is 0.107. The van der Waals surface area contributed by atoms with E-state index in [4.69, 9.17) is 4.74 Å². The van der Waals surface area contributed by atoms with Crippen molar-refractivity contribution in [2.24, 2.45) is 0 Å². The van der Waals surface area contributed by atoms with Crippen molar-refractivity contribution in [1.29, 1.82) is 0 Å². The highest BCUT2D eigenvalue weighted by molar-refractivity contribution is 7.89. The van der Waals surface area contributed by atoms with Crippen molar-refractivity contribution < 1.29 is 22.3 Å². The minimum Gasteiger partial charge on any atom is -0.488 e. The second kappa shape index (κ2) is 9.58. The molecule has 0 bridgehead atoms. The highest BCUT2D eigenvalue weighted by Crippen LogP contribution is 2.33. The first-order valence-electron chi connectivity index (χ1n) is 11.2. The van der Waals surface area contributed by atoms with Gasteiger partial charge in [-0.3, -0.25) is 4.79 Å². The number of ether oxygens (including phenoxy) is 1. The lowest BCUT2D eigenvalue weighted by Crippen LogP contribution is -2.51. The highest BCUT2D eigenvalue weighted by Gasteiger charge is 2.40. The molecule has 1 heterocycles. The Kier molecular flexibility index (Phi) is 6.81. The van der Waals surface area contributed by atoms with Crippen molar-refractivity contribution in [3.05, 3.63) is 59.9 Å². The van der Waals surface area contributed by atoms with Gasteiger partial charge >= 0.3 is 0 Å². The van der Waals surface area contributed by atoms with Gasteiger partial charge in [-0.1, -0.05) is 30.7 Å². The van der Waals surface area contributed by atoms with Gasteiger partial charge in [0.2, 0.25) is 10.0 Å². The summed E-state index contributed by atoms with van der Waals surface area (Å²) in [7, 11) is -2.32. The van der Waals surface area contributed by atoms with Crippen molar-refractivity contribution in [3.63, 3.8) is 0 Å². The number of benzene rings is 2. The molecule has 1 saturated carbocycles. The van der Waals surface area contributed by atoms with E-state index >= 15 is 0 Å². The zero-order valence-corrected chi connectivity index (χ0v) is 19.1. The normalized spacial score (nSPS) is 23.3. The summed E-state index contributed by atoms with van der Waals surface area (Å²) in [6, 6.07) is 12.2. The number of hydrogen-bond donors (Lipinski definition) is 0. The number of hydrogen-bond acceptors (Lipinski definition) is 4. The van der Waals surface area contributed by atoms with Crippen molar-refractivity contribution in [2.75, 3.05) is 20.1 Å². The molecule has 32 heavy (non-hydrogen) atoms. The monoisotopic (exact) mass is 460 g/mol. The predicted molar refractivity (Wildman–Crippen MR) is 120 cm³/mol. The first kappa shape index (κ1) is 22.7. The van der Waals surface area contributed by atoms with Crippen LogP contribution in [0.1, 0.15) is 48.9 Å². The van der Waals surface area contributed by atoms with Crippen LogP contribution in [0.5, 0.6) is 5.75 Å². The number of halogens is 1. The van der Waals surface area contributed by atoms with Crippen LogP contribution >= 0.6 is 0 Å². The lowest BCUT2D eigenvalue weighted by atomic mass is 9.92. The minimum atomic E-state index is -4.06. The van der Waals surface area contributed by atoms with Crippen LogP contribution in [0.4, 0.5) is 4.39 Å². The predicted octanol–water partition coefficient (Wildman–Crippen LogP) is 4.07. The summed E-state index contributed by atoms with van der Waals surface area (Å²) in [4.78, 5) is 14.3. The molecule has 4 rings (SSSR count). The summed E-state index contributed by atoms with van der Waals surface area (Å²) in [6.07, 6.45) is 3.88. The number of sulfonamides is 1. The summed E-state index contributed by atoms with van der Waals surface area (Å²) < 4.78 is 49.5. The Morgan fingerprint density at radius 1 is 0.938 bits per heavy atom. The Morgan fingerprint density at radius 2 is 1.62 bits per heavy atom. The van der Waals surface area contributed by atoms with Crippen LogP contribution in [-0.2, 0) is 10.0 Å². The summed E-state index contributed by atoms with van der Waals surface area (Å²) in [5.41, 5.74) is 0.475. The van der Waals surface area contributed by atoms with Crippen molar-refractivity contribution in [1.82, 2.24) is 9.21 Å². The number of para-hydroxylation sites is 1. The maximum Gasteiger partial charge on any atom is 0.257 e. The Bertz CT molecular complexity index is 1080. The number of carbonyl (C=O) groups is 1. The number of carbonyl (C=O) groups excluding carboxylic acids is 1. The molecule has 8 heteroatoms. The molecule has 0 N–H and O–H groups in total. The smallest absolute Gasteiger partial charge is 0.257 e. The summed E-state index contributed by atoms with van der Waals surface area (Å²) in [5, 5.41) is 0. The van der Waals surface area contributed by atoms with E-state index in [0.717, 1.165) is 12.8 Å². The van der Waals surface area contributed by atoms with Crippen LogP contribution in [0.15, 0.2) is 53.4 Å². The zero-order valence-electron chi connectivity index (χ0n) is 18.2. The number of fused-ring (bicyclic) bond motifs is 2. The molecular formula is C24H29FN2O4S. The Balaban J connectivity index is 1.76. The summed E-state index contributed by atoms with van der Waals surface area (Å²) in [5.74, 6) is -0.392. The maximum absolute atomic E-state index is 14.5. The van der Waals surface area contributed by atoms with Gasteiger partial charge in [0.1, 0.15) is 22.6 Å². The van der Waals surface area contributed by atoms with Gasteiger partial charge in [0.25, 0.3) is 5.91 Å². The lowest BCUT2D eigenvalue weighted by molar-refractivity contribution is 0.0657. The molecule has 1 amide bonds. The van der Waals surface area contributed by atoms with E-state index in [1.54, 1.807) is 30.1 Å². The van der Waals surface area contributed by atoms with Crippen LogP contribution in [0.3, 0.4) is 0 Å². The fourth-order valence-electron chi connectivity index (χ4n) is 4.62. The standard InChI is InChI=1S/C24H29FN2O4S/c1-26-16-8-9-17-27(32(29,30)23-15-7-3-11-19(23)25)20-12-4-6-14-22(20)31-21-13-5-2-10-18(21)24(26)28/h2-3,5,7,10-11,13,15,20,22H,4,6,8-9,12,14,16-17H2,1H3/t20-,22+/m1/s1. The van der Waals surface area contributed by atoms with Crippen molar-refractivity contribution >= 4 is 15.9 Å². The largest absolute Gasteiger partial charge is 0.488 e. The fourth-order valence-corrected chi connectivity index (χ4v) is 6.41. The van der Waals surface area contributed by atoms with E-state index < -0.39 is 28.0 Å². The lowest BCUT2D eigenvalue weighted by Gasteiger charge is -2.39. The first-order chi connectivity index (χ1) is 15.4. The second-order valence-corrected chi connectivity index (χ2v) is 10.3. The summed E-state index contributed by atoms with van der Waals surface area (Å²) in [6.45, 7) is 0.750. The van der Waals surface area contributed by atoms with E-state index in [2.05, 4.69) is 0 Å². The van der Waals surface area contributed by atoms with Gasteiger partial charge in [0, 0.05) is 20.1 Å². The average Bonchev–Trinajstić information content (AvgIpc) is 2.79. The molecule has 0 aromatic heterocycles. The third kappa shape index (κ3) is 4.52. The van der Waals surface area contributed by atoms with Gasteiger partial charge in [0.15, 0.2) is 0 Å². The van der Waals surface area contributed by atoms with Gasteiger partial charge in [-0.25, -0.2) is 12.8 Å². The summed E-state index contributed by atoms with van der Waals surface area (Å²) >= 11 is 0. The molecule has 6 nitrogen and oxygen atoms in total. The zero-order chi connectivity index (χ0) is 22.7. The first-order valence-corrected chi connectivity index (χ1v) is 12.6. The molecule has 0 unspecified atom stereocenters. The number of amides is 1. The molecule has 0 radical (unpaired) electrons. The van der Waals surface area contributed by atoms with E-state index in [-0.39, 0.29) is 17.3 Å². The Labute approximate surface area is 189 Å². The molecule has 2 atom stereocenters. The quantitative estimate of drug-likeness (QED) is 0.678.